The second kappa shape index (κ2) is 14.0. The fourth-order valence-electron chi connectivity index (χ4n) is 8.08. The van der Waals surface area contributed by atoms with Gasteiger partial charge in [-0.1, -0.05) is 158 Å². The molecule has 0 aliphatic heterocycles. The van der Waals surface area contributed by atoms with Crippen molar-refractivity contribution in [1.82, 2.24) is 4.98 Å². The zero-order chi connectivity index (χ0) is 37.7. The highest BCUT2D eigenvalue weighted by Gasteiger charge is 2.21. The number of thiophene rings is 1. The monoisotopic (exact) mass is 762 g/mol. The van der Waals surface area contributed by atoms with E-state index in [0.717, 1.165) is 33.1 Å². The van der Waals surface area contributed by atoms with E-state index < -0.39 is 0 Å². The molecule has 0 saturated heterocycles. The topological polar surface area (TPSA) is 16.1 Å². The van der Waals surface area contributed by atoms with Crippen LogP contribution in [0.3, 0.4) is 0 Å². The van der Waals surface area contributed by atoms with E-state index in [0.29, 0.717) is 0 Å². The van der Waals surface area contributed by atoms with Crippen LogP contribution in [-0.4, -0.2) is 4.98 Å². The SMILES string of the molecule is c1ccc(-c2ccc(N(c3ccc(-c4ccc5ccccc5c4)c(-c4ccccc4)c3)c3cccc4c3sc3cc5sc(-c6ccccc6)nc5cc34)cc2)cc1. The summed E-state index contributed by atoms with van der Waals surface area (Å²) in [6.45, 7) is 0. The molecule has 0 unspecified atom stereocenters. The third kappa shape index (κ3) is 6.07. The predicted molar refractivity (Wildman–Crippen MR) is 246 cm³/mol. The summed E-state index contributed by atoms with van der Waals surface area (Å²) in [4.78, 5) is 7.55. The number of thiazole rings is 1. The second-order valence-corrected chi connectivity index (χ2v) is 16.4. The maximum atomic E-state index is 5.11. The molecular formula is C53H34N2S2. The maximum Gasteiger partial charge on any atom is 0.124 e. The zero-order valence-electron chi connectivity index (χ0n) is 30.8. The molecule has 0 aliphatic rings. The molecule has 0 N–H and O–H groups in total. The first kappa shape index (κ1) is 33.5. The summed E-state index contributed by atoms with van der Waals surface area (Å²) in [5.74, 6) is 0. The van der Waals surface area contributed by atoms with E-state index in [1.807, 2.05) is 11.3 Å². The summed E-state index contributed by atoms with van der Waals surface area (Å²) in [6.07, 6.45) is 0. The van der Waals surface area contributed by atoms with E-state index in [-0.39, 0.29) is 0 Å². The Morgan fingerprint density at radius 1 is 0.368 bits per heavy atom. The Kier molecular flexibility index (Phi) is 8.24. The van der Waals surface area contributed by atoms with Crippen molar-refractivity contribution in [2.45, 2.75) is 0 Å². The molecule has 0 bridgehead atoms. The lowest BCUT2D eigenvalue weighted by atomic mass is 9.92. The Labute approximate surface area is 339 Å². The molecule has 57 heavy (non-hydrogen) atoms. The summed E-state index contributed by atoms with van der Waals surface area (Å²) in [5.41, 5.74) is 12.7. The third-order valence-corrected chi connectivity index (χ3v) is 13.1. The summed E-state index contributed by atoms with van der Waals surface area (Å²) in [6, 6.07) is 74.7. The van der Waals surface area contributed by atoms with Crippen molar-refractivity contribution in [1.29, 1.82) is 0 Å². The molecule has 0 spiro atoms. The van der Waals surface area contributed by atoms with Gasteiger partial charge in [0.1, 0.15) is 5.01 Å². The molecule has 2 heterocycles. The maximum absolute atomic E-state index is 5.11. The Balaban J connectivity index is 1.11. The van der Waals surface area contributed by atoms with Gasteiger partial charge in [-0.3, -0.25) is 0 Å². The molecule has 0 atom stereocenters. The van der Waals surface area contributed by atoms with Crippen LogP contribution >= 0.6 is 22.7 Å². The summed E-state index contributed by atoms with van der Waals surface area (Å²) < 4.78 is 3.73. The van der Waals surface area contributed by atoms with Crippen LogP contribution in [0.1, 0.15) is 0 Å². The molecule has 11 aromatic rings. The minimum Gasteiger partial charge on any atom is -0.309 e. The van der Waals surface area contributed by atoms with Gasteiger partial charge in [-0.05, 0) is 92.7 Å². The highest BCUT2D eigenvalue weighted by molar-refractivity contribution is 7.27. The van der Waals surface area contributed by atoms with Crippen LogP contribution in [-0.2, 0) is 0 Å². The van der Waals surface area contributed by atoms with Gasteiger partial charge in [-0.25, -0.2) is 4.98 Å². The van der Waals surface area contributed by atoms with Gasteiger partial charge in [0, 0.05) is 32.4 Å². The van der Waals surface area contributed by atoms with Crippen LogP contribution in [0.5, 0.6) is 0 Å². The van der Waals surface area contributed by atoms with Crippen LogP contribution in [0.25, 0.3) is 85.1 Å². The highest BCUT2D eigenvalue weighted by atomic mass is 32.1. The summed E-state index contributed by atoms with van der Waals surface area (Å²) in [7, 11) is 0. The third-order valence-electron chi connectivity index (χ3n) is 10.9. The van der Waals surface area contributed by atoms with E-state index in [9.17, 15) is 0 Å². The van der Waals surface area contributed by atoms with Crippen LogP contribution in [0.2, 0.25) is 0 Å². The first-order valence-electron chi connectivity index (χ1n) is 19.2. The first-order chi connectivity index (χ1) is 28.2. The standard InChI is InChI=1S/C53H34N2S2/c1-4-13-35(14-5-1)37-25-27-42(28-26-37)55(43-29-30-44(46(32-43)38-16-6-2-7-17-38)41-24-23-36-15-10-11-20-40(36)31-41)49-22-12-21-45-47-33-48-51(34-50(47)56-52(45)49)57-53(54-48)39-18-8-3-9-19-39/h1-34H. The number of anilines is 3. The zero-order valence-corrected chi connectivity index (χ0v) is 32.5. The lowest BCUT2D eigenvalue weighted by Crippen LogP contribution is -2.10. The van der Waals surface area contributed by atoms with Gasteiger partial charge in [0.05, 0.1) is 20.6 Å². The normalized spacial score (nSPS) is 11.5. The second-order valence-electron chi connectivity index (χ2n) is 14.4. The number of hydrogen-bond acceptors (Lipinski definition) is 4. The lowest BCUT2D eigenvalue weighted by Gasteiger charge is -2.27. The van der Waals surface area contributed by atoms with Crippen molar-refractivity contribution >= 4 is 80.9 Å². The van der Waals surface area contributed by atoms with Gasteiger partial charge in [-0.15, -0.1) is 22.7 Å². The van der Waals surface area contributed by atoms with Crippen LogP contribution in [0, 0.1) is 0 Å². The average molecular weight is 763 g/mol. The van der Waals surface area contributed by atoms with Gasteiger partial charge < -0.3 is 4.90 Å². The Morgan fingerprint density at radius 2 is 1.02 bits per heavy atom. The fourth-order valence-corrected chi connectivity index (χ4v) is 10.4. The van der Waals surface area contributed by atoms with Crippen molar-refractivity contribution in [3.63, 3.8) is 0 Å². The van der Waals surface area contributed by atoms with Crippen molar-refractivity contribution in [3.8, 4) is 44.0 Å². The van der Waals surface area contributed by atoms with E-state index >= 15 is 0 Å². The minimum atomic E-state index is 1.04. The van der Waals surface area contributed by atoms with Gasteiger partial charge in [0.2, 0.25) is 0 Å². The number of fused-ring (bicyclic) bond motifs is 5. The van der Waals surface area contributed by atoms with Gasteiger partial charge in [-0.2, -0.15) is 0 Å². The van der Waals surface area contributed by atoms with Crippen LogP contribution < -0.4 is 4.90 Å². The highest BCUT2D eigenvalue weighted by Crippen LogP contribution is 2.48. The Bertz CT molecular complexity index is 3220. The molecule has 0 amide bonds. The molecule has 0 radical (unpaired) electrons. The van der Waals surface area contributed by atoms with E-state index in [1.165, 1.54) is 69.0 Å². The summed E-state index contributed by atoms with van der Waals surface area (Å²) >= 11 is 3.63. The van der Waals surface area contributed by atoms with Crippen molar-refractivity contribution in [3.05, 3.63) is 206 Å². The van der Waals surface area contributed by atoms with Gasteiger partial charge in [0.15, 0.2) is 0 Å². The molecule has 2 aromatic heterocycles. The van der Waals surface area contributed by atoms with E-state index in [2.05, 4.69) is 211 Å². The first-order valence-corrected chi connectivity index (χ1v) is 20.8. The summed E-state index contributed by atoms with van der Waals surface area (Å²) in [5, 5.41) is 6.02. The van der Waals surface area contributed by atoms with Gasteiger partial charge in [0.25, 0.3) is 0 Å². The van der Waals surface area contributed by atoms with Crippen LogP contribution in [0.15, 0.2) is 206 Å². The average Bonchev–Trinajstić information content (AvgIpc) is 3.88. The van der Waals surface area contributed by atoms with Crippen LogP contribution in [0.4, 0.5) is 17.1 Å². The fraction of sp³-hybridized carbons (Fsp3) is 0. The number of benzene rings is 9. The van der Waals surface area contributed by atoms with E-state index in [1.54, 1.807) is 11.3 Å². The molecule has 4 heteroatoms. The molecule has 0 saturated carbocycles. The van der Waals surface area contributed by atoms with Crippen molar-refractivity contribution < 1.29 is 0 Å². The molecule has 268 valence electrons. The number of hydrogen-bond donors (Lipinski definition) is 0. The smallest absolute Gasteiger partial charge is 0.124 e. The largest absolute Gasteiger partial charge is 0.309 e. The lowest BCUT2D eigenvalue weighted by molar-refractivity contribution is 1.30. The number of aromatic nitrogens is 1. The molecule has 0 fully saturated rings. The molecule has 11 rings (SSSR count). The molecular weight excluding hydrogens is 729 g/mol. The quantitative estimate of drug-likeness (QED) is 0.161. The van der Waals surface area contributed by atoms with Crippen molar-refractivity contribution in [2.75, 3.05) is 4.90 Å². The molecule has 9 aromatic carbocycles. The number of nitrogens with zero attached hydrogens (tertiary/aromatic N) is 2. The van der Waals surface area contributed by atoms with Crippen molar-refractivity contribution in [2.24, 2.45) is 0 Å². The molecule has 0 aliphatic carbocycles. The number of rotatable bonds is 7. The predicted octanol–water partition coefficient (Wildman–Crippen LogP) is 16.0. The Morgan fingerprint density at radius 3 is 1.79 bits per heavy atom. The molecule has 2 nitrogen and oxygen atoms in total. The van der Waals surface area contributed by atoms with E-state index in [4.69, 9.17) is 4.98 Å². The minimum absolute atomic E-state index is 1.04. The van der Waals surface area contributed by atoms with Gasteiger partial charge >= 0.3 is 0 Å². The Hall–Kier alpha value is -6.85.